The van der Waals surface area contributed by atoms with Crippen LogP contribution in [0.1, 0.15) is 36.8 Å². The van der Waals surface area contributed by atoms with Gasteiger partial charge in [0.25, 0.3) is 0 Å². The maximum Gasteiger partial charge on any atom is 0.164 e. The van der Waals surface area contributed by atoms with Gasteiger partial charge in [0.1, 0.15) is 0 Å². The molecule has 4 heteroatoms. The molecule has 1 saturated heterocycles. The van der Waals surface area contributed by atoms with Crippen LogP contribution in [-0.4, -0.2) is 26.3 Å². The van der Waals surface area contributed by atoms with E-state index in [1.165, 1.54) is 22.0 Å². The highest BCUT2D eigenvalue weighted by molar-refractivity contribution is 9.10. The molecule has 19 heavy (non-hydrogen) atoms. The normalized spacial score (nSPS) is 22.3. The van der Waals surface area contributed by atoms with E-state index >= 15 is 0 Å². The molecule has 2 aliphatic heterocycles. The lowest BCUT2D eigenvalue weighted by atomic mass is 9.91. The average Bonchev–Trinajstić information content (AvgIpc) is 2.83. The molecule has 2 aliphatic rings. The fraction of sp³-hybridized carbons (Fsp3) is 0.600. The summed E-state index contributed by atoms with van der Waals surface area (Å²) in [7, 11) is 0. The van der Waals surface area contributed by atoms with Crippen molar-refractivity contribution in [2.24, 2.45) is 0 Å². The molecule has 1 aromatic carbocycles. The highest BCUT2D eigenvalue weighted by atomic mass is 79.9. The van der Waals surface area contributed by atoms with Gasteiger partial charge in [0.15, 0.2) is 11.5 Å². The van der Waals surface area contributed by atoms with Gasteiger partial charge < -0.3 is 14.8 Å². The zero-order valence-corrected chi connectivity index (χ0v) is 12.9. The van der Waals surface area contributed by atoms with Crippen molar-refractivity contribution >= 4 is 15.9 Å². The Kier molecular flexibility index (Phi) is 3.99. The molecule has 0 aromatic heterocycles. The van der Waals surface area contributed by atoms with Gasteiger partial charge in [0, 0.05) is 23.0 Å². The van der Waals surface area contributed by atoms with Crippen LogP contribution in [0.5, 0.6) is 11.5 Å². The number of nitrogens with one attached hydrogen (secondary N) is 1. The zero-order valence-electron chi connectivity index (χ0n) is 11.3. The summed E-state index contributed by atoms with van der Waals surface area (Å²) < 4.78 is 12.9. The van der Waals surface area contributed by atoms with E-state index < -0.39 is 0 Å². The highest BCUT2D eigenvalue weighted by Crippen LogP contribution is 2.44. The van der Waals surface area contributed by atoms with Crippen molar-refractivity contribution in [2.75, 3.05) is 26.3 Å². The molecule has 0 bridgehead atoms. The van der Waals surface area contributed by atoms with Gasteiger partial charge in [-0.3, -0.25) is 0 Å². The highest BCUT2D eigenvalue weighted by Gasteiger charge is 2.26. The van der Waals surface area contributed by atoms with Crippen molar-refractivity contribution in [3.63, 3.8) is 0 Å². The minimum absolute atomic E-state index is 0.585. The second-order valence-corrected chi connectivity index (χ2v) is 6.03. The SMILES string of the molecule is CCc1c2c(cc(Br)c1C1CCNC1)OCCCO2. The Morgan fingerprint density at radius 2 is 2.21 bits per heavy atom. The summed E-state index contributed by atoms with van der Waals surface area (Å²) in [5, 5.41) is 3.45. The van der Waals surface area contributed by atoms with Crippen molar-refractivity contribution < 1.29 is 9.47 Å². The Hall–Kier alpha value is -0.740. The van der Waals surface area contributed by atoms with Crippen molar-refractivity contribution in [1.82, 2.24) is 5.32 Å². The Bertz CT molecular complexity index is 470. The molecule has 1 fully saturated rings. The first-order valence-corrected chi connectivity index (χ1v) is 7.92. The van der Waals surface area contributed by atoms with E-state index in [2.05, 4.69) is 34.2 Å². The summed E-state index contributed by atoms with van der Waals surface area (Å²) in [6.07, 6.45) is 3.14. The topological polar surface area (TPSA) is 30.5 Å². The summed E-state index contributed by atoms with van der Waals surface area (Å²) in [5.41, 5.74) is 2.73. The first-order valence-electron chi connectivity index (χ1n) is 7.12. The van der Waals surface area contributed by atoms with Crippen molar-refractivity contribution in [3.05, 3.63) is 21.7 Å². The van der Waals surface area contributed by atoms with Gasteiger partial charge in [-0.1, -0.05) is 22.9 Å². The molecule has 0 spiro atoms. The molecule has 1 atom stereocenters. The Labute approximate surface area is 122 Å². The molecule has 104 valence electrons. The zero-order chi connectivity index (χ0) is 13.2. The predicted octanol–water partition coefficient (Wildman–Crippen LogP) is 3.25. The van der Waals surface area contributed by atoms with Crippen molar-refractivity contribution in [2.45, 2.75) is 32.1 Å². The van der Waals surface area contributed by atoms with Crippen LogP contribution in [0.3, 0.4) is 0 Å². The summed E-state index contributed by atoms with van der Waals surface area (Å²) in [6, 6.07) is 2.09. The minimum atomic E-state index is 0.585. The van der Waals surface area contributed by atoms with Gasteiger partial charge >= 0.3 is 0 Å². The van der Waals surface area contributed by atoms with E-state index in [1.807, 2.05) is 0 Å². The molecular formula is C15H20BrNO2. The van der Waals surface area contributed by atoms with Crippen LogP contribution < -0.4 is 14.8 Å². The molecule has 1 aromatic rings. The fourth-order valence-corrected chi connectivity index (χ4v) is 3.82. The van der Waals surface area contributed by atoms with Crippen LogP contribution in [0.2, 0.25) is 0 Å². The molecule has 0 amide bonds. The van der Waals surface area contributed by atoms with Crippen molar-refractivity contribution in [1.29, 1.82) is 0 Å². The number of rotatable bonds is 2. The minimum Gasteiger partial charge on any atom is -0.490 e. The number of fused-ring (bicyclic) bond motifs is 1. The second-order valence-electron chi connectivity index (χ2n) is 5.17. The van der Waals surface area contributed by atoms with Crippen LogP contribution in [0.15, 0.2) is 10.5 Å². The summed E-state index contributed by atoms with van der Waals surface area (Å²) in [5.74, 6) is 2.46. The fourth-order valence-electron chi connectivity index (χ4n) is 3.05. The molecule has 0 aliphatic carbocycles. The molecule has 1 N–H and O–H groups in total. The van der Waals surface area contributed by atoms with E-state index in [-0.39, 0.29) is 0 Å². The van der Waals surface area contributed by atoms with Crippen LogP contribution in [-0.2, 0) is 6.42 Å². The molecule has 2 heterocycles. The van der Waals surface area contributed by atoms with E-state index in [0.29, 0.717) is 5.92 Å². The van der Waals surface area contributed by atoms with Gasteiger partial charge in [-0.25, -0.2) is 0 Å². The predicted molar refractivity (Wildman–Crippen MR) is 79.4 cm³/mol. The van der Waals surface area contributed by atoms with Gasteiger partial charge in [0.2, 0.25) is 0 Å². The maximum absolute atomic E-state index is 5.96. The standard InChI is InChI=1S/C15H20BrNO2/c1-2-11-14(10-4-5-17-9-10)12(16)8-13-15(11)19-7-3-6-18-13/h8,10,17H,2-7,9H2,1H3. The quantitative estimate of drug-likeness (QED) is 0.905. The monoisotopic (exact) mass is 325 g/mol. The largest absolute Gasteiger partial charge is 0.490 e. The first-order chi connectivity index (χ1) is 9.31. The smallest absolute Gasteiger partial charge is 0.164 e. The third-order valence-electron chi connectivity index (χ3n) is 3.95. The molecule has 1 unspecified atom stereocenters. The molecule has 0 radical (unpaired) electrons. The number of ether oxygens (including phenoxy) is 2. The van der Waals surface area contributed by atoms with E-state index in [1.54, 1.807) is 0 Å². The summed E-state index contributed by atoms with van der Waals surface area (Å²) >= 11 is 3.74. The average molecular weight is 326 g/mol. The number of hydrogen-bond donors (Lipinski definition) is 1. The molecule has 3 rings (SSSR count). The molecular weight excluding hydrogens is 306 g/mol. The maximum atomic E-state index is 5.96. The number of hydrogen-bond acceptors (Lipinski definition) is 3. The molecule has 0 saturated carbocycles. The number of halogens is 1. The van der Waals surface area contributed by atoms with Gasteiger partial charge in [-0.15, -0.1) is 0 Å². The van der Waals surface area contributed by atoms with E-state index in [0.717, 1.165) is 50.6 Å². The van der Waals surface area contributed by atoms with Crippen LogP contribution in [0, 0.1) is 0 Å². The first kappa shape index (κ1) is 13.3. The lowest BCUT2D eigenvalue weighted by Gasteiger charge is -2.21. The second kappa shape index (κ2) is 5.71. The van der Waals surface area contributed by atoms with Crippen LogP contribution in [0.4, 0.5) is 0 Å². The lowest BCUT2D eigenvalue weighted by molar-refractivity contribution is 0.296. The van der Waals surface area contributed by atoms with Gasteiger partial charge in [-0.2, -0.15) is 0 Å². The Balaban J connectivity index is 2.10. The van der Waals surface area contributed by atoms with Gasteiger partial charge in [-0.05, 0) is 36.9 Å². The summed E-state index contributed by atoms with van der Waals surface area (Å²) in [4.78, 5) is 0. The Morgan fingerprint density at radius 3 is 2.95 bits per heavy atom. The van der Waals surface area contributed by atoms with Crippen LogP contribution >= 0.6 is 15.9 Å². The third kappa shape index (κ3) is 2.48. The van der Waals surface area contributed by atoms with Crippen molar-refractivity contribution in [3.8, 4) is 11.5 Å². The molecule has 3 nitrogen and oxygen atoms in total. The Morgan fingerprint density at radius 1 is 1.37 bits per heavy atom. The van der Waals surface area contributed by atoms with E-state index in [9.17, 15) is 0 Å². The summed E-state index contributed by atoms with van der Waals surface area (Å²) in [6.45, 7) is 5.86. The van der Waals surface area contributed by atoms with E-state index in [4.69, 9.17) is 9.47 Å². The number of benzene rings is 1. The van der Waals surface area contributed by atoms with Gasteiger partial charge in [0.05, 0.1) is 13.2 Å². The lowest BCUT2D eigenvalue weighted by Crippen LogP contribution is -2.11. The van der Waals surface area contributed by atoms with Crippen LogP contribution in [0.25, 0.3) is 0 Å². The third-order valence-corrected chi connectivity index (χ3v) is 4.61.